The van der Waals surface area contributed by atoms with E-state index in [0.29, 0.717) is 50.5 Å². The summed E-state index contributed by atoms with van der Waals surface area (Å²) in [7, 11) is 0. The van der Waals surface area contributed by atoms with Crippen LogP contribution in [-0.2, 0) is 30.5 Å². The monoisotopic (exact) mass is 620 g/mol. The Bertz CT molecular complexity index is 1280. The Hall–Kier alpha value is -4.41. The molecule has 0 bridgehead atoms. The highest BCUT2D eigenvalue weighted by Gasteiger charge is 2.31. The number of benzene rings is 2. The molecular formula is C34H44N4O7. The summed E-state index contributed by atoms with van der Waals surface area (Å²) in [6.07, 6.45) is 3.61. The van der Waals surface area contributed by atoms with E-state index in [2.05, 4.69) is 10.6 Å². The summed E-state index contributed by atoms with van der Waals surface area (Å²) in [5.74, 6) is -1.14. The molecule has 2 aromatic rings. The highest BCUT2D eigenvalue weighted by molar-refractivity contribution is 5.98. The van der Waals surface area contributed by atoms with Crippen LogP contribution in [-0.4, -0.2) is 84.5 Å². The molecule has 4 amide bonds. The number of carbonyl (C=O) groups excluding carboxylic acids is 5. The zero-order valence-corrected chi connectivity index (χ0v) is 26.0. The lowest BCUT2D eigenvalue weighted by Crippen LogP contribution is -2.55. The number of piperidine rings is 2. The molecule has 11 heteroatoms. The predicted molar refractivity (Wildman–Crippen MR) is 167 cm³/mol. The largest absolute Gasteiger partial charge is 0.466 e. The van der Waals surface area contributed by atoms with Gasteiger partial charge >= 0.3 is 12.1 Å². The number of rotatable bonds is 12. The number of hydrogen-bond donors (Lipinski definition) is 2. The molecule has 2 aliphatic heterocycles. The molecule has 2 heterocycles. The highest BCUT2D eigenvalue weighted by Crippen LogP contribution is 2.24. The van der Waals surface area contributed by atoms with Crippen LogP contribution < -0.4 is 10.6 Å². The van der Waals surface area contributed by atoms with Crippen LogP contribution in [0.25, 0.3) is 0 Å². The van der Waals surface area contributed by atoms with Gasteiger partial charge in [0.25, 0.3) is 5.91 Å². The highest BCUT2D eigenvalue weighted by atomic mass is 16.6. The van der Waals surface area contributed by atoms with Crippen LogP contribution in [0.3, 0.4) is 0 Å². The Kier molecular flexibility index (Phi) is 12.8. The third kappa shape index (κ3) is 10.6. The fourth-order valence-corrected chi connectivity index (χ4v) is 5.75. The number of likely N-dealkylation sites (tertiary alicyclic amines) is 2. The van der Waals surface area contributed by atoms with Gasteiger partial charge in [-0.25, -0.2) is 4.79 Å². The molecule has 11 nitrogen and oxygen atoms in total. The average Bonchev–Trinajstić information content (AvgIpc) is 3.07. The van der Waals surface area contributed by atoms with E-state index in [1.54, 1.807) is 47.1 Å². The van der Waals surface area contributed by atoms with Crippen molar-refractivity contribution in [3.05, 3.63) is 71.8 Å². The van der Waals surface area contributed by atoms with Gasteiger partial charge in [-0.1, -0.05) is 48.5 Å². The van der Waals surface area contributed by atoms with Crippen molar-refractivity contribution < 1.29 is 33.4 Å². The first-order valence-electron chi connectivity index (χ1n) is 15.9. The molecule has 0 radical (unpaired) electrons. The maximum Gasteiger partial charge on any atom is 0.410 e. The molecule has 0 spiro atoms. The lowest BCUT2D eigenvalue weighted by atomic mass is 9.92. The molecule has 0 aromatic heterocycles. The second kappa shape index (κ2) is 17.2. The molecule has 242 valence electrons. The van der Waals surface area contributed by atoms with Crippen molar-refractivity contribution in [3.8, 4) is 0 Å². The van der Waals surface area contributed by atoms with Gasteiger partial charge in [-0.3, -0.25) is 19.2 Å². The normalized spacial score (nSPS) is 17.6. The molecule has 0 aliphatic carbocycles. The van der Waals surface area contributed by atoms with Gasteiger partial charge in [0.05, 0.1) is 13.0 Å². The first kappa shape index (κ1) is 33.5. The number of carbonyl (C=O) groups is 5. The third-order valence-electron chi connectivity index (χ3n) is 8.30. The van der Waals surface area contributed by atoms with E-state index in [9.17, 15) is 24.0 Å². The van der Waals surface area contributed by atoms with E-state index in [0.717, 1.165) is 31.2 Å². The number of esters is 1. The predicted octanol–water partition coefficient (Wildman–Crippen LogP) is 3.67. The van der Waals surface area contributed by atoms with Gasteiger partial charge in [-0.15, -0.1) is 0 Å². The summed E-state index contributed by atoms with van der Waals surface area (Å²) >= 11 is 0. The van der Waals surface area contributed by atoms with E-state index in [-0.39, 0.29) is 37.7 Å². The maximum absolute atomic E-state index is 13.2. The molecule has 2 aliphatic rings. The second-order valence-corrected chi connectivity index (χ2v) is 11.6. The quantitative estimate of drug-likeness (QED) is 0.346. The van der Waals surface area contributed by atoms with Gasteiger partial charge in [0, 0.05) is 44.2 Å². The van der Waals surface area contributed by atoms with E-state index >= 15 is 0 Å². The zero-order chi connectivity index (χ0) is 32.0. The Morgan fingerprint density at radius 1 is 0.867 bits per heavy atom. The number of amides is 4. The van der Waals surface area contributed by atoms with Gasteiger partial charge in [0.15, 0.2) is 0 Å². The maximum atomic E-state index is 13.2. The minimum absolute atomic E-state index is 0.0408. The summed E-state index contributed by atoms with van der Waals surface area (Å²) in [6.45, 7) is 4.30. The van der Waals surface area contributed by atoms with Crippen molar-refractivity contribution in [2.75, 3.05) is 32.8 Å². The Morgan fingerprint density at radius 2 is 1.56 bits per heavy atom. The summed E-state index contributed by atoms with van der Waals surface area (Å²) in [6, 6.07) is 16.7. The topological polar surface area (TPSA) is 134 Å². The van der Waals surface area contributed by atoms with E-state index < -0.39 is 23.8 Å². The Balaban J connectivity index is 1.20. The van der Waals surface area contributed by atoms with Crippen molar-refractivity contribution in [3.63, 3.8) is 0 Å². The fraction of sp³-hybridized carbons (Fsp3) is 0.500. The van der Waals surface area contributed by atoms with Crippen molar-refractivity contribution in [2.24, 2.45) is 5.92 Å². The summed E-state index contributed by atoms with van der Waals surface area (Å²) < 4.78 is 10.5. The molecule has 2 atom stereocenters. The van der Waals surface area contributed by atoms with Crippen molar-refractivity contribution in [1.29, 1.82) is 0 Å². The Morgan fingerprint density at radius 3 is 2.24 bits per heavy atom. The van der Waals surface area contributed by atoms with Crippen LogP contribution in [0, 0.1) is 5.92 Å². The molecule has 45 heavy (non-hydrogen) atoms. The van der Waals surface area contributed by atoms with Gasteiger partial charge in [-0.2, -0.15) is 0 Å². The van der Waals surface area contributed by atoms with E-state index in [1.807, 2.05) is 30.3 Å². The van der Waals surface area contributed by atoms with Crippen LogP contribution in [0.1, 0.15) is 67.8 Å². The van der Waals surface area contributed by atoms with E-state index in [1.165, 1.54) is 0 Å². The average molecular weight is 621 g/mol. The minimum atomic E-state index is -1.11. The van der Waals surface area contributed by atoms with Crippen molar-refractivity contribution in [1.82, 2.24) is 20.4 Å². The standard InChI is InChI=1S/C34H44N4O7/c1-2-44-31(40)22-29(36-32(41)27-12-7-4-8-13-27)33(42)35-28-14-9-19-38(23-28)30(39)16-15-25-17-20-37(21-18-25)34(43)45-24-26-10-5-3-6-11-26/h3-8,10-13,25,28-29H,2,9,14-24H2,1H3,(H,35,42)(H,36,41). The molecule has 4 rings (SSSR count). The molecular weight excluding hydrogens is 576 g/mol. The van der Waals surface area contributed by atoms with Crippen molar-refractivity contribution in [2.45, 2.75) is 70.6 Å². The first-order valence-corrected chi connectivity index (χ1v) is 15.9. The number of nitrogens with zero attached hydrogens (tertiary/aromatic N) is 2. The molecule has 2 N–H and O–H groups in total. The van der Waals surface area contributed by atoms with E-state index in [4.69, 9.17) is 9.47 Å². The Labute approximate surface area is 264 Å². The van der Waals surface area contributed by atoms with Crippen LogP contribution in [0.4, 0.5) is 4.79 Å². The third-order valence-corrected chi connectivity index (χ3v) is 8.30. The van der Waals surface area contributed by atoms with Gasteiger partial charge in [0.1, 0.15) is 12.6 Å². The van der Waals surface area contributed by atoms with Crippen molar-refractivity contribution >= 4 is 29.8 Å². The molecule has 2 aromatic carbocycles. The summed E-state index contributed by atoms with van der Waals surface area (Å²) in [4.78, 5) is 67.3. The molecule has 2 unspecified atom stereocenters. The lowest BCUT2D eigenvalue weighted by molar-refractivity contribution is -0.145. The molecule has 2 fully saturated rings. The fourth-order valence-electron chi connectivity index (χ4n) is 5.75. The molecule has 2 saturated heterocycles. The molecule has 0 saturated carbocycles. The SMILES string of the molecule is CCOC(=O)CC(NC(=O)c1ccccc1)C(=O)NC1CCCN(C(=O)CCC2CCN(C(=O)OCc3ccccc3)CC2)C1. The lowest BCUT2D eigenvalue weighted by Gasteiger charge is -2.35. The summed E-state index contributed by atoms with van der Waals surface area (Å²) in [5.41, 5.74) is 1.33. The van der Waals surface area contributed by atoms with Crippen LogP contribution in [0.5, 0.6) is 0 Å². The number of nitrogens with one attached hydrogen (secondary N) is 2. The minimum Gasteiger partial charge on any atom is -0.466 e. The first-order chi connectivity index (χ1) is 21.8. The second-order valence-electron chi connectivity index (χ2n) is 11.6. The number of hydrogen-bond acceptors (Lipinski definition) is 7. The van der Waals surface area contributed by atoms with Crippen LogP contribution in [0.2, 0.25) is 0 Å². The summed E-state index contributed by atoms with van der Waals surface area (Å²) in [5, 5.41) is 5.61. The smallest absolute Gasteiger partial charge is 0.410 e. The van der Waals surface area contributed by atoms with Crippen LogP contribution >= 0.6 is 0 Å². The number of ether oxygens (including phenoxy) is 2. The van der Waals surface area contributed by atoms with Gasteiger partial charge < -0.3 is 29.9 Å². The van der Waals surface area contributed by atoms with Gasteiger partial charge in [0.2, 0.25) is 11.8 Å². The van der Waals surface area contributed by atoms with Gasteiger partial charge in [-0.05, 0) is 62.6 Å². The zero-order valence-electron chi connectivity index (χ0n) is 26.0. The van der Waals surface area contributed by atoms with Crippen LogP contribution in [0.15, 0.2) is 60.7 Å².